The summed E-state index contributed by atoms with van der Waals surface area (Å²) < 4.78 is 6.48. The smallest absolute Gasteiger partial charge is 0.226 e. The Morgan fingerprint density at radius 3 is 3.10 bits per heavy atom. The molecule has 1 aliphatic rings. The van der Waals surface area contributed by atoms with E-state index in [9.17, 15) is 0 Å². The van der Waals surface area contributed by atoms with E-state index in [4.69, 9.17) is 4.52 Å². The Morgan fingerprint density at radius 2 is 2.33 bits per heavy atom. The second kappa shape index (κ2) is 6.71. The summed E-state index contributed by atoms with van der Waals surface area (Å²) in [6, 6.07) is 6.11. The van der Waals surface area contributed by atoms with Crippen LogP contribution in [-0.2, 0) is 6.42 Å². The van der Waals surface area contributed by atoms with Gasteiger partial charge in [-0.25, -0.2) is 0 Å². The molecule has 1 aromatic carbocycles. The minimum absolute atomic E-state index is 0.683. The van der Waals surface area contributed by atoms with Crippen molar-refractivity contribution < 1.29 is 4.52 Å². The minimum atomic E-state index is 0.683. The van der Waals surface area contributed by atoms with Crippen LogP contribution in [-0.4, -0.2) is 23.2 Å². The molecule has 4 nitrogen and oxygen atoms in total. The maximum atomic E-state index is 5.39. The number of halogens is 1. The van der Waals surface area contributed by atoms with Crippen molar-refractivity contribution >= 4 is 15.9 Å². The number of hydrogen-bond donors (Lipinski definition) is 1. The molecule has 0 saturated carbocycles. The van der Waals surface area contributed by atoms with E-state index in [1.165, 1.54) is 18.4 Å². The van der Waals surface area contributed by atoms with Gasteiger partial charge < -0.3 is 9.84 Å². The van der Waals surface area contributed by atoms with Gasteiger partial charge >= 0.3 is 0 Å². The maximum Gasteiger partial charge on any atom is 0.226 e. The first kappa shape index (κ1) is 14.7. The van der Waals surface area contributed by atoms with Gasteiger partial charge in [0.05, 0.1) is 0 Å². The standard InChI is InChI=1S/C16H20BrN3O/c1-11-9-13(5-6-14(11)17)16-19-15(21-20-16)7-4-12-3-2-8-18-10-12/h5-6,9,12,18H,2-4,7-8,10H2,1H3. The van der Waals surface area contributed by atoms with E-state index in [1.54, 1.807) is 0 Å². The van der Waals surface area contributed by atoms with Crippen molar-refractivity contribution in [3.63, 3.8) is 0 Å². The van der Waals surface area contributed by atoms with Crippen molar-refractivity contribution in [3.8, 4) is 11.4 Å². The fraction of sp³-hybridized carbons (Fsp3) is 0.500. The molecular weight excluding hydrogens is 330 g/mol. The Kier molecular flexibility index (Phi) is 4.70. The van der Waals surface area contributed by atoms with E-state index in [-0.39, 0.29) is 0 Å². The van der Waals surface area contributed by atoms with Crippen molar-refractivity contribution in [2.24, 2.45) is 5.92 Å². The normalized spacial score (nSPS) is 18.9. The Morgan fingerprint density at radius 1 is 1.43 bits per heavy atom. The molecule has 5 heteroatoms. The highest BCUT2D eigenvalue weighted by Crippen LogP contribution is 2.24. The van der Waals surface area contributed by atoms with Gasteiger partial charge in [-0.2, -0.15) is 4.98 Å². The van der Waals surface area contributed by atoms with Crippen molar-refractivity contribution in [1.29, 1.82) is 0 Å². The van der Waals surface area contributed by atoms with Gasteiger partial charge in [-0.1, -0.05) is 21.1 Å². The van der Waals surface area contributed by atoms with Crippen LogP contribution >= 0.6 is 15.9 Å². The molecule has 1 atom stereocenters. The van der Waals surface area contributed by atoms with E-state index in [0.717, 1.165) is 47.8 Å². The molecule has 1 aliphatic heterocycles. The number of aromatic nitrogens is 2. The number of rotatable bonds is 4. The average Bonchev–Trinajstić information content (AvgIpc) is 2.98. The van der Waals surface area contributed by atoms with Crippen LogP contribution in [0.4, 0.5) is 0 Å². The van der Waals surface area contributed by atoms with Crippen LogP contribution in [0.2, 0.25) is 0 Å². The zero-order valence-corrected chi connectivity index (χ0v) is 13.8. The van der Waals surface area contributed by atoms with E-state index in [0.29, 0.717) is 5.82 Å². The lowest BCUT2D eigenvalue weighted by Gasteiger charge is -2.21. The van der Waals surface area contributed by atoms with Crippen LogP contribution in [0.1, 0.15) is 30.7 Å². The number of aryl methyl sites for hydroxylation is 2. The highest BCUT2D eigenvalue weighted by atomic mass is 79.9. The summed E-state index contributed by atoms with van der Waals surface area (Å²) in [7, 11) is 0. The molecule has 1 unspecified atom stereocenters. The van der Waals surface area contributed by atoms with Crippen molar-refractivity contribution in [3.05, 3.63) is 34.1 Å². The van der Waals surface area contributed by atoms with Crippen LogP contribution in [0, 0.1) is 12.8 Å². The fourth-order valence-corrected chi connectivity index (χ4v) is 3.00. The molecule has 0 bridgehead atoms. The first-order valence-corrected chi connectivity index (χ1v) is 8.31. The molecule has 0 aliphatic carbocycles. The summed E-state index contributed by atoms with van der Waals surface area (Å²) in [5.74, 6) is 2.17. The SMILES string of the molecule is Cc1cc(-c2noc(CCC3CCCNC3)n2)ccc1Br. The minimum Gasteiger partial charge on any atom is -0.339 e. The molecule has 1 aromatic heterocycles. The topological polar surface area (TPSA) is 51.0 Å². The van der Waals surface area contributed by atoms with Gasteiger partial charge in [-0.05, 0) is 69.0 Å². The average molecular weight is 350 g/mol. The number of hydrogen-bond acceptors (Lipinski definition) is 4. The molecule has 1 fully saturated rings. The predicted octanol–water partition coefficient (Wildman–Crippen LogP) is 3.74. The second-order valence-electron chi connectivity index (χ2n) is 5.73. The van der Waals surface area contributed by atoms with Crippen molar-refractivity contribution in [2.45, 2.75) is 32.6 Å². The van der Waals surface area contributed by atoms with E-state index in [2.05, 4.69) is 44.4 Å². The highest BCUT2D eigenvalue weighted by Gasteiger charge is 2.15. The molecule has 0 amide bonds. The molecule has 2 aromatic rings. The Labute approximate surface area is 133 Å². The molecule has 1 saturated heterocycles. The highest BCUT2D eigenvalue weighted by molar-refractivity contribution is 9.10. The van der Waals surface area contributed by atoms with Gasteiger partial charge in [0, 0.05) is 16.5 Å². The number of benzene rings is 1. The van der Waals surface area contributed by atoms with Crippen LogP contribution in [0.5, 0.6) is 0 Å². The third-order valence-corrected chi connectivity index (χ3v) is 4.94. The van der Waals surface area contributed by atoms with E-state index < -0.39 is 0 Å². The molecular formula is C16H20BrN3O. The maximum absolute atomic E-state index is 5.39. The van der Waals surface area contributed by atoms with E-state index >= 15 is 0 Å². The van der Waals surface area contributed by atoms with Crippen molar-refractivity contribution in [1.82, 2.24) is 15.5 Å². The first-order valence-electron chi connectivity index (χ1n) is 7.52. The molecule has 21 heavy (non-hydrogen) atoms. The molecule has 1 N–H and O–H groups in total. The predicted molar refractivity (Wildman–Crippen MR) is 86.1 cm³/mol. The zero-order valence-electron chi connectivity index (χ0n) is 12.2. The molecule has 3 rings (SSSR count). The van der Waals surface area contributed by atoms with Gasteiger partial charge in [0.15, 0.2) is 0 Å². The largest absolute Gasteiger partial charge is 0.339 e. The molecule has 0 radical (unpaired) electrons. The van der Waals surface area contributed by atoms with Crippen LogP contribution in [0.3, 0.4) is 0 Å². The lowest BCUT2D eigenvalue weighted by molar-refractivity contribution is 0.327. The fourth-order valence-electron chi connectivity index (χ4n) is 2.76. The van der Waals surface area contributed by atoms with Gasteiger partial charge in [0.2, 0.25) is 11.7 Å². The summed E-state index contributed by atoms with van der Waals surface area (Å²) in [5, 5.41) is 7.55. The van der Waals surface area contributed by atoms with Gasteiger partial charge in [0.1, 0.15) is 0 Å². The van der Waals surface area contributed by atoms with E-state index in [1.807, 2.05) is 12.1 Å². The van der Waals surface area contributed by atoms with Gasteiger partial charge in [0.25, 0.3) is 0 Å². The quantitative estimate of drug-likeness (QED) is 0.913. The lowest BCUT2D eigenvalue weighted by Crippen LogP contribution is -2.29. The third-order valence-electron chi connectivity index (χ3n) is 4.05. The second-order valence-corrected chi connectivity index (χ2v) is 6.58. The summed E-state index contributed by atoms with van der Waals surface area (Å²) in [6.45, 7) is 4.33. The van der Waals surface area contributed by atoms with Gasteiger partial charge in [-0.3, -0.25) is 0 Å². The Bertz CT molecular complexity index is 605. The number of nitrogens with zero attached hydrogens (tertiary/aromatic N) is 2. The van der Waals surface area contributed by atoms with Gasteiger partial charge in [-0.15, -0.1) is 0 Å². The lowest BCUT2D eigenvalue weighted by atomic mass is 9.95. The summed E-state index contributed by atoms with van der Waals surface area (Å²) >= 11 is 3.51. The summed E-state index contributed by atoms with van der Waals surface area (Å²) in [4.78, 5) is 4.52. The Hall–Kier alpha value is -1.20. The monoisotopic (exact) mass is 349 g/mol. The third kappa shape index (κ3) is 3.71. The summed E-state index contributed by atoms with van der Waals surface area (Å²) in [6.07, 6.45) is 4.57. The number of piperidine rings is 1. The number of nitrogens with one attached hydrogen (secondary N) is 1. The molecule has 0 spiro atoms. The van der Waals surface area contributed by atoms with Crippen LogP contribution < -0.4 is 5.32 Å². The summed E-state index contributed by atoms with van der Waals surface area (Å²) in [5.41, 5.74) is 2.18. The van der Waals surface area contributed by atoms with Crippen molar-refractivity contribution in [2.75, 3.05) is 13.1 Å². The van der Waals surface area contributed by atoms with Crippen LogP contribution in [0.15, 0.2) is 27.2 Å². The Balaban J connectivity index is 1.63. The zero-order chi connectivity index (χ0) is 14.7. The molecule has 112 valence electrons. The molecule has 2 heterocycles. The van der Waals surface area contributed by atoms with Crippen LogP contribution in [0.25, 0.3) is 11.4 Å². The first-order chi connectivity index (χ1) is 10.2.